The standard InChI is InChI=1S/C11H17NS/c1-3-11(12)9(2)13-10-7-5-4-6-8-10/h4-9,11H,3,12H2,1-2H3. The van der Waals surface area contributed by atoms with Gasteiger partial charge in [-0.3, -0.25) is 0 Å². The summed E-state index contributed by atoms with van der Waals surface area (Å²) in [6.45, 7) is 4.32. The molecule has 0 saturated heterocycles. The van der Waals surface area contributed by atoms with E-state index in [0.29, 0.717) is 11.3 Å². The van der Waals surface area contributed by atoms with Crippen LogP contribution in [0.25, 0.3) is 0 Å². The Labute approximate surface area is 84.7 Å². The summed E-state index contributed by atoms with van der Waals surface area (Å²) in [6.07, 6.45) is 1.04. The maximum atomic E-state index is 5.94. The van der Waals surface area contributed by atoms with Gasteiger partial charge in [-0.25, -0.2) is 0 Å². The lowest BCUT2D eigenvalue weighted by Gasteiger charge is -2.17. The van der Waals surface area contributed by atoms with Gasteiger partial charge in [0.05, 0.1) is 0 Å². The molecule has 2 N–H and O–H groups in total. The topological polar surface area (TPSA) is 26.0 Å². The van der Waals surface area contributed by atoms with Crippen molar-refractivity contribution < 1.29 is 0 Å². The minimum atomic E-state index is 0.296. The van der Waals surface area contributed by atoms with Crippen LogP contribution >= 0.6 is 11.8 Å². The average molecular weight is 195 g/mol. The molecule has 1 nitrogen and oxygen atoms in total. The van der Waals surface area contributed by atoms with Gasteiger partial charge in [0.25, 0.3) is 0 Å². The normalized spacial score (nSPS) is 15.3. The highest BCUT2D eigenvalue weighted by Crippen LogP contribution is 2.24. The number of hydrogen-bond donors (Lipinski definition) is 1. The van der Waals surface area contributed by atoms with E-state index in [-0.39, 0.29) is 0 Å². The summed E-state index contributed by atoms with van der Waals surface area (Å²) in [5.74, 6) is 0. The van der Waals surface area contributed by atoms with Crippen molar-refractivity contribution in [2.75, 3.05) is 0 Å². The molecule has 13 heavy (non-hydrogen) atoms. The minimum Gasteiger partial charge on any atom is -0.327 e. The van der Waals surface area contributed by atoms with Gasteiger partial charge >= 0.3 is 0 Å². The molecule has 0 spiro atoms. The van der Waals surface area contributed by atoms with E-state index < -0.39 is 0 Å². The lowest BCUT2D eigenvalue weighted by Crippen LogP contribution is -2.29. The van der Waals surface area contributed by atoms with E-state index in [4.69, 9.17) is 5.73 Å². The van der Waals surface area contributed by atoms with Gasteiger partial charge in [0, 0.05) is 16.2 Å². The molecule has 0 aliphatic carbocycles. The van der Waals surface area contributed by atoms with Gasteiger partial charge in [-0.05, 0) is 18.6 Å². The first-order valence-corrected chi connectivity index (χ1v) is 5.59. The highest BCUT2D eigenvalue weighted by atomic mass is 32.2. The van der Waals surface area contributed by atoms with E-state index >= 15 is 0 Å². The Morgan fingerprint density at radius 1 is 1.31 bits per heavy atom. The van der Waals surface area contributed by atoms with Crippen molar-refractivity contribution in [3.8, 4) is 0 Å². The van der Waals surface area contributed by atoms with Gasteiger partial charge in [0.1, 0.15) is 0 Å². The third-order valence-electron chi connectivity index (χ3n) is 2.14. The first-order valence-electron chi connectivity index (χ1n) is 4.71. The number of thioether (sulfide) groups is 1. The highest BCUT2D eigenvalue weighted by Gasteiger charge is 2.11. The smallest absolute Gasteiger partial charge is 0.0217 e. The fourth-order valence-electron chi connectivity index (χ4n) is 1.13. The summed E-state index contributed by atoms with van der Waals surface area (Å²) in [7, 11) is 0. The van der Waals surface area contributed by atoms with E-state index in [1.807, 2.05) is 17.8 Å². The maximum absolute atomic E-state index is 5.94. The molecule has 0 amide bonds. The average Bonchev–Trinajstić information content (AvgIpc) is 2.18. The molecule has 72 valence electrons. The van der Waals surface area contributed by atoms with Crippen molar-refractivity contribution in [1.29, 1.82) is 0 Å². The van der Waals surface area contributed by atoms with Crippen molar-refractivity contribution in [2.45, 2.75) is 36.5 Å². The van der Waals surface area contributed by atoms with Crippen molar-refractivity contribution in [3.63, 3.8) is 0 Å². The second-order valence-electron chi connectivity index (χ2n) is 3.21. The second kappa shape index (κ2) is 5.30. The van der Waals surface area contributed by atoms with Gasteiger partial charge in [0.2, 0.25) is 0 Å². The van der Waals surface area contributed by atoms with Crippen LogP contribution in [0.3, 0.4) is 0 Å². The van der Waals surface area contributed by atoms with Crippen LogP contribution in [-0.4, -0.2) is 11.3 Å². The molecule has 0 aliphatic heterocycles. The largest absolute Gasteiger partial charge is 0.327 e. The van der Waals surface area contributed by atoms with Gasteiger partial charge < -0.3 is 5.73 Å². The summed E-state index contributed by atoms with van der Waals surface area (Å²) in [5.41, 5.74) is 5.94. The lowest BCUT2D eigenvalue weighted by molar-refractivity contribution is 0.642. The van der Waals surface area contributed by atoms with Crippen LogP contribution in [0, 0.1) is 0 Å². The second-order valence-corrected chi connectivity index (χ2v) is 4.66. The lowest BCUT2D eigenvalue weighted by atomic mass is 10.2. The summed E-state index contributed by atoms with van der Waals surface area (Å²) in [5, 5.41) is 0.493. The van der Waals surface area contributed by atoms with Crippen molar-refractivity contribution in [3.05, 3.63) is 30.3 Å². The summed E-state index contributed by atoms with van der Waals surface area (Å²) in [6, 6.07) is 10.7. The van der Waals surface area contributed by atoms with Crippen LogP contribution < -0.4 is 5.73 Å². The minimum absolute atomic E-state index is 0.296. The Kier molecular flexibility index (Phi) is 4.33. The molecule has 0 heterocycles. The molecule has 0 bridgehead atoms. The first-order chi connectivity index (χ1) is 6.24. The maximum Gasteiger partial charge on any atom is 0.0217 e. The van der Waals surface area contributed by atoms with Gasteiger partial charge in [-0.1, -0.05) is 32.0 Å². The molecule has 2 atom stereocenters. The molecule has 0 radical (unpaired) electrons. The molecule has 0 aromatic heterocycles. The monoisotopic (exact) mass is 195 g/mol. The molecule has 2 heteroatoms. The van der Waals surface area contributed by atoms with E-state index in [2.05, 4.69) is 38.1 Å². The zero-order valence-electron chi connectivity index (χ0n) is 8.23. The zero-order chi connectivity index (χ0) is 9.68. The zero-order valence-corrected chi connectivity index (χ0v) is 9.05. The third kappa shape index (κ3) is 3.41. The Morgan fingerprint density at radius 3 is 2.46 bits per heavy atom. The molecule has 0 saturated carbocycles. The molecular formula is C11H17NS. The van der Waals surface area contributed by atoms with Gasteiger partial charge in [-0.2, -0.15) is 0 Å². The fourth-order valence-corrected chi connectivity index (χ4v) is 2.24. The number of rotatable bonds is 4. The molecule has 1 rings (SSSR count). The first kappa shape index (κ1) is 10.6. The summed E-state index contributed by atoms with van der Waals surface area (Å²) < 4.78 is 0. The van der Waals surface area contributed by atoms with Gasteiger partial charge in [-0.15, -0.1) is 11.8 Å². The fraction of sp³-hybridized carbons (Fsp3) is 0.455. The van der Waals surface area contributed by atoms with E-state index in [0.717, 1.165) is 6.42 Å². The highest BCUT2D eigenvalue weighted by molar-refractivity contribution is 8.00. The van der Waals surface area contributed by atoms with Crippen molar-refractivity contribution in [2.24, 2.45) is 5.73 Å². The molecular weight excluding hydrogens is 178 g/mol. The summed E-state index contributed by atoms with van der Waals surface area (Å²) in [4.78, 5) is 1.30. The van der Waals surface area contributed by atoms with Gasteiger partial charge in [0.15, 0.2) is 0 Å². The van der Waals surface area contributed by atoms with Crippen LogP contribution in [0.15, 0.2) is 35.2 Å². The number of hydrogen-bond acceptors (Lipinski definition) is 2. The number of benzene rings is 1. The van der Waals surface area contributed by atoms with Crippen LogP contribution in [0.1, 0.15) is 20.3 Å². The van der Waals surface area contributed by atoms with Crippen LogP contribution in [-0.2, 0) is 0 Å². The van der Waals surface area contributed by atoms with E-state index in [1.54, 1.807) is 0 Å². The Hall–Kier alpha value is -0.470. The molecule has 1 aromatic carbocycles. The Bertz CT molecular complexity index is 235. The van der Waals surface area contributed by atoms with E-state index in [9.17, 15) is 0 Å². The molecule has 1 aromatic rings. The predicted octanol–water partition coefficient (Wildman–Crippen LogP) is 2.90. The molecule has 2 unspecified atom stereocenters. The summed E-state index contributed by atoms with van der Waals surface area (Å²) >= 11 is 1.85. The predicted molar refractivity (Wildman–Crippen MR) is 60.0 cm³/mol. The molecule has 0 fully saturated rings. The molecule has 0 aliphatic rings. The van der Waals surface area contributed by atoms with Crippen molar-refractivity contribution in [1.82, 2.24) is 0 Å². The SMILES string of the molecule is CCC(N)C(C)Sc1ccccc1. The Balaban J connectivity index is 2.50. The van der Waals surface area contributed by atoms with E-state index in [1.165, 1.54) is 4.90 Å². The van der Waals surface area contributed by atoms with Crippen molar-refractivity contribution >= 4 is 11.8 Å². The third-order valence-corrected chi connectivity index (χ3v) is 3.41. The quantitative estimate of drug-likeness (QED) is 0.748. The Morgan fingerprint density at radius 2 is 1.92 bits per heavy atom. The van der Waals surface area contributed by atoms with Crippen LogP contribution in [0.5, 0.6) is 0 Å². The van der Waals surface area contributed by atoms with Crippen LogP contribution in [0.4, 0.5) is 0 Å². The van der Waals surface area contributed by atoms with Crippen LogP contribution in [0.2, 0.25) is 0 Å². The number of nitrogens with two attached hydrogens (primary N) is 1.